The summed E-state index contributed by atoms with van der Waals surface area (Å²) in [5.74, 6) is 1.51. The molecule has 1 rings (SSSR count). The zero-order chi connectivity index (χ0) is 14.1. The molecule has 0 fully saturated rings. The highest BCUT2D eigenvalue weighted by Gasteiger charge is 2.08. The molecule has 106 valence electrons. The van der Waals surface area contributed by atoms with Crippen molar-refractivity contribution in [1.82, 2.24) is 10.6 Å². The summed E-state index contributed by atoms with van der Waals surface area (Å²) >= 11 is 0. The van der Waals surface area contributed by atoms with Gasteiger partial charge < -0.3 is 20.1 Å². The third-order valence-electron chi connectivity index (χ3n) is 2.70. The summed E-state index contributed by atoms with van der Waals surface area (Å²) in [5, 5.41) is 6.08. The molecule has 0 heterocycles. The van der Waals surface area contributed by atoms with Gasteiger partial charge in [-0.2, -0.15) is 0 Å². The van der Waals surface area contributed by atoms with Crippen LogP contribution in [0.5, 0.6) is 11.5 Å². The van der Waals surface area contributed by atoms with E-state index in [9.17, 15) is 4.79 Å². The fourth-order valence-corrected chi connectivity index (χ4v) is 1.79. The lowest BCUT2D eigenvalue weighted by molar-refractivity contribution is -0.118. The molecule has 0 unspecified atom stereocenters. The molecule has 0 aliphatic carbocycles. The maximum atomic E-state index is 10.7. The summed E-state index contributed by atoms with van der Waals surface area (Å²) in [7, 11) is 3.26. The Labute approximate surface area is 114 Å². The van der Waals surface area contributed by atoms with Crippen molar-refractivity contribution in [3.05, 3.63) is 23.8 Å². The van der Waals surface area contributed by atoms with Gasteiger partial charge in [0, 0.05) is 25.6 Å². The van der Waals surface area contributed by atoms with Crippen molar-refractivity contribution in [2.75, 3.05) is 27.3 Å². The molecule has 5 heteroatoms. The third-order valence-corrected chi connectivity index (χ3v) is 2.70. The number of amides is 1. The second-order valence-electron chi connectivity index (χ2n) is 4.17. The molecular formula is C14H22N2O3. The highest BCUT2D eigenvalue weighted by Crippen LogP contribution is 2.30. The molecule has 0 saturated carbocycles. The first-order valence-electron chi connectivity index (χ1n) is 6.34. The monoisotopic (exact) mass is 266 g/mol. The first kappa shape index (κ1) is 15.3. The molecule has 0 aliphatic heterocycles. The molecule has 0 spiro atoms. The largest absolute Gasteiger partial charge is 0.493 e. The number of methoxy groups -OCH3 is 2. The van der Waals surface area contributed by atoms with Crippen molar-refractivity contribution in [2.24, 2.45) is 0 Å². The zero-order valence-electron chi connectivity index (χ0n) is 11.8. The number of para-hydroxylation sites is 1. The maximum absolute atomic E-state index is 10.7. The lowest BCUT2D eigenvalue weighted by Gasteiger charge is -2.13. The topological polar surface area (TPSA) is 59.6 Å². The van der Waals surface area contributed by atoms with Crippen molar-refractivity contribution in [3.63, 3.8) is 0 Å². The quantitative estimate of drug-likeness (QED) is 0.697. The number of rotatable bonds is 8. The highest BCUT2D eigenvalue weighted by molar-refractivity contribution is 5.72. The van der Waals surface area contributed by atoms with E-state index in [0.717, 1.165) is 30.0 Å². The Hall–Kier alpha value is -1.75. The van der Waals surface area contributed by atoms with Crippen molar-refractivity contribution >= 4 is 5.91 Å². The van der Waals surface area contributed by atoms with Gasteiger partial charge in [-0.15, -0.1) is 0 Å². The van der Waals surface area contributed by atoms with Gasteiger partial charge in [-0.3, -0.25) is 4.79 Å². The molecule has 0 atom stereocenters. The summed E-state index contributed by atoms with van der Waals surface area (Å²) in [5.41, 5.74) is 1.06. The second-order valence-corrected chi connectivity index (χ2v) is 4.17. The van der Waals surface area contributed by atoms with Gasteiger partial charge in [-0.1, -0.05) is 12.1 Å². The number of hydrogen-bond donors (Lipinski definition) is 2. The van der Waals surface area contributed by atoms with Gasteiger partial charge in [0.25, 0.3) is 0 Å². The van der Waals surface area contributed by atoms with Crippen LogP contribution < -0.4 is 20.1 Å². The standard InChI is InChI=1S/C14H22N2O3/c1-11(17)16-9-5-8-15-10-12-6-4-7-13(18-2)14(12)19-3/h4,6-7,15H,5,8-10H2,1-3H3,(H,16,17). The predicted octanol–water partition coefficient (Wildman–Crippen LogP) is 1.32. The van der Waals surface area contributed by atoms with Crippen LogP contribution >= 0.6 is 0 Å². The molecule has 19 heavy (non-hydrogen) atoms. The van der Waals surface area contributed by atoms with Gasteiger partial charge in [0.05, 0.1) is 14.2 Å². The van der Waals surface area contributed by atoms with Gasteiger partial charge in [-0.25, -0.2) is 0 Å². The van der Waals surface area contributed by atoms with Crippen LogP contribution in [0.4, 0.5) is 0 Å². The maximum Gasteiger partial charge on any atom is 0.216 e. The van der Waals surface area contributed by atoms with Crippen LogP contribution in [0.1, 0.15) is 18.9 Å². The zero-order valence-corrected chi connectivity index (χ0v) is 11.8. The number of carbonyl (C=O) groups is 1. The lowest BCUT2D eigenvalue weighted by Crippen LogP contribution is -2.25. The highest BCUT2D eigenvalue weighted by atomic mass is 16.5. The minimum absolute atomic E-state index is 0.00876. The molecule has 2 N–H and O–H groups in total. The molecule has 1 amide bonds. The number of ether oxygens (including phenoxy) is 2. The molecule has 0 radical (unpaired) electrons. The average molecular weight is 266 g/mol. The van der Waals surface area contributed by atoms with Gasteiger partial charge in [0.2, 0.25) is 5.91 Å². The minimum Gasteiger partial charge on any atom is -0.493 e. The first-order chi connectivity index (χ1) is 9.19. The van der Waals surface area contributed by atoms with E-state index in [-0.39, 0.29) is 5.91 Å². The van der Waals surface area contributed by atoms with Crippen LogP contribution in [0.2, 0.25) is 0 Å². The third kappa shape index (κ3) is 5.18. The molecular weight excluding hydrogens is 244 g/mol. The van der Waals surface area contributed by atoms with Crippen molar-refractivity contribution < 1.29 is 14.3 Å². The smallest absolute Gasteiger partial charge is 0.216 e. The van der Waals surface area contributed by atoms with Gasteiger partial charge >= 0.3 is 0 Å². The summed E-state index contributed by atoms with van der Waals surface area (Å²) in [4.78, 5) is 10.7. The molecule has 5 nitrogen and oxygen atoms in total. The van der Waals surface area contributed by atoms with Crippen LogP contribution in [0.3, 0.4) is 0 Å². The van der Waals surface area contributed by atoms with E-state index in [2.05, 4.69) is 10.6 Å². The number of nitrogens with one attached hydrogen (secondary N) is 2. The van der Waals surface area contributed by atoms with E-state index < -0.39 is 0 Å². The van der Waals surface area contributed by atoms with E-state index in [4.69, 9.17) is 9.47 Å². The fourth-order valence-electron chi connectivity index (χ4n) is 1.79. The van der Waals surface area contributed by atoms with Gasteiger partial charge in [-0.05, 0) is 19.0 Å². The Bertz CT molecular complexity index is 408. The van der Waals surface area contributed by atoms with Gasteiger partial charge in [0.1, 0.15) is 0 Å². The lowest BCUT2D eigenvalue weighted by atomic mass is 10.2. The fraction of sp³-hybridized carbons (Fsp3) is 0.500. The van der Waals surface area contributed by atoms with Crippen molar-refractivity contribution in [1.29, 1.82) is 0 Å². The van der Waals surface area contributed by atoms with Crippen LogP contribution in [0, 0.1) is 0 Å². The Morgan fingerprint density at radius 1 is 1.21 bits per heavy atom. The summed E-state index contributed by atoms with van der Waals surface area (Å²) < 4.78 is 10.6. The first-order valence-corrected chi connectivity index (χ1v) is 6.34. The molecule has 0 bridgehead atoms. The predicted molar refractivity (Wildman–Crippen MR) is 74.6 cm³/mol. The summed E-state index contributed by atoms with van der Waals surface area (Å²) in [6, 6.07) is 5.82. The van der Waals surface area contributed by atoms with Crippen LogP contribution in [0.25, 0.3) is 0 Å². The van der Waals surface area contributed by atoms with E-state index in [0.29, 0.717) is 13.1 Å². The molecule has 0 saturated heterocycles. The van der Waals surface area contributed by atoms with Crippen LogP contribution in [0.15, 0.2) is 18.2 Å². The van der Waals surface area contributed by atoms with E-state index in [1.54, 1.807) is 14.2 Å². The average Bonchev–Trinajstić information content (AvgIpc) is 2.41. The number of hydrogen-bond acceptors (Lipinski definition) is 4. The SMILES string of the molecule is COc1cccc(CNCCCNC(C)=O)c1OC. The summed E-state index contributed by atoms with van der Waals surface area (Å²) in [6.07, 6.45) is 0.895. The Kier molecular flexibility index (Phi) is 6.74. The Balaban J connectivity index is 2.38. The molecule has 1 aromatic rings. The Morgan fingerprint density at radius 2 is 2.00 bits per heavy atom. The van der Waals surface area contributed by atoms with Gasteiger partial charge in [0.15, 0.2) is 11.5 Å². The minimum atomic E-state index is 0.00876. The van der Waals surface area contributed by atoms with E-state index in [1.807, 2.05) is 18.2 Å². The van der Waals surface area contributed by atoms with Crippen LogP contribution in [-0.4, -0.2) is 33.2 Å². The van der Waals surface area contributed by atoms with Crippen molar-refractivity contribution in [3.8, 4) is 11.5 Å². The summed E-state index contributed by atoms with van der Waals surface area (Å²) in [6.45, 7) is 3.76. The molecule has 0 aromatic heterocycles. The van der Waals surface area contributed by atoms with E-state index in [1.165, 1.54) is 6.92 Å². The number of carbonyl (C=O) groups excluding carboxylic acids is 1. The van der Waals surface area contributed by atoms with E-state index >= 15 is 0 Å². The van der Waals surface area contributed by atoms with Crippen LogP contribution in [-0.2, 0) is 11.3 Å². The normalized spacial score (nSPS) is 10.1. The molecule has 0 aliphatic rings. The molecule has 1 aromatic carbocycles. The second kappa shape index (κ2) is 8.37. The van der Waals surface area contributed by atoms with Crippen molar-refractivity contribution in [2.45, 2.75) is 19.9 Å². The number of benzene rings is 1. The Morgan fingerprint density at radius 3 is 2.63 bits per heavy atom.